The topological polar surface area (TPSA) is 41.6 Å². The molecule has 2 heterocycles. The number of nitrogens with one attached hydrogen (secondary N) is 1. The average molecular weight is 288 g/mol. The first-order chi connectivity index (χ1) is 10.2. The SMILES string of the molecule is CN1CC[C@]2(CCC[C@@H](CNC(=O)c3ccccc3)O2)C1. The summed E-state index contributed by atoms with van der Waals surface area (Å²) < 4.78 is 6.34. The summed E-state index contributed by atoms with van der Waals surface area (Å²) in [6, 6.07) is 9.36. The Balaban J connectivity index is 1.52. The number of rotatable bonds is 3. The molecule has 1 aromatic rings. The minimum absolute atomic E-state index is 0.0117. The lowest BCUT2D eigenvalue weighted by Crippen LogP contribution is -2.46. The molecule has 4 heteroatoms. The van der Waals surface area contributed by atoms with Crippen LogP contribution >= 0.6 is 0 Å². The zero-order valence-corrected chi connectivity index (χ0v) is 12.7. The van der Waals surface area contributed by atoms with Crippen molar-refractivity contribution < 1.29 is 9.53 Å². The molecule has 0 bridgehead atoms. The fourth-order valence-electron chi connectivity index (χ4n) is 3.51. The predicted molar refractivity (Wildman–Crippen MR) is 82.3 cm³/mol. The van der Waals surface area contributed by atoms with Gasteiger partial charge in [0.05, 0.1) is 11.7 Å². The molecule has 0 aliphatic carbocycles. The molecule has 0 aromatic heterocycles. The van der Waals surface area contributed by atoms with Gasteiger partial charge >= 0.3 is 0 Å². The highest BCUT2D eigenvalue weighted by Crippen LogP contribution is 2.35. The standard InChI is InChI=1S/C17H24N2O2/c1-19-11-10-17(13-19)9-5-8-15(21-17)12-18-16(20)14-6-3-2-4-7-14/h2-4,6-7,15H,5,8-13H2,1H3,(H,18,20)/t15-,17+/m0/s1. The number of nitrogens with zero attached hydrogens (tertiary/aromatic N) is 1. The monoisotopic (exact) mass is 288 g/mol. The highest BCUT2D eigenvalue weighted by molar-refractivity contribution is 5.94. The molecule has 2 atom stereocenters. The number of benzene rings is 1. The van der Waals surface area contributed by atoms with Crippen LogP contribution < -0.4 is 5.32 Å². The predicted octanol–water partition coefficient (Wildman–Crippen LogP) is 2.06. The van der Waals surface area contributed by atoms with Crippen LogP contribution in [-0.4, -0.2) is 49.2 Å². The van der Waals surface area contributed by atoms with Gasteiger partial charge in [-0.25, -0.2) is 0 Å². The maximum Gasteiger partial charge on any atom is 0.251 e. The van der Waals surface area contributed by atoms with Gasteiger partial charge in [-0.3, -0.25) is 4.79 Å². The fourth-order valence-corrected chi connectivity index (χ4v) is 3.51. The molecule has 1 N–H and O–H groups in total. The molecule has 2 aliphatic rings. The second-order valence-electron chi connectivity index (χ2n) is 6.38. The number of carbonyl (C=O) groups is 1. The Morgan fingerprint density at radius 3 is 2.90 bits per heavy atom. The molecule has 1 spiro atoms. The van der Waals surface area contributed by atoms with Crippen molar-refractivity contribution in [1.29, 1.82) is 0 Å². The number of hydrogen-bond donors (Lipinski definition) is 1. The van der Waals surface area contributed by atoms with Crippen molar-refractivity contribution in [3.05, 3.63) is 35.9 Å². The van der Waals surface area contributed by atoms with Gasteiger partial charge in [0.15, 0.2) is 0 Å². The van der Waals surface area contributed by atoms with Crippen molar-refractivity contribution >= 4 is 5.91 Å². The van der Waals surface area contributed by atoms with E-state index in [1.54, 1.807) is 0 Å². The minimum Gasteiger partial charge on any atom is -0.369 e. The van der Waals surface area contributed by atoms with Gasteiger partial charge in [-0.1, -0.05) is 18.2 Å². The van der Waals surface area contributed by atoms with Crippen LogP contribution in [0.1, 0.15) is 36.0 Å². The van der Waals surface area contributed by atoms with E-state index in [1.807, 2.05) is 30.3 Å². The lowest BCUT2D eigenvalue weighted by Gasteiger charge is -2.38. The second kappa shape index (κ2) is 6.16. The molecule has 0 saturated carbocycles. The zero-order valence-electron chi connectivity index (χ0n) is 12.7. The van der Waals surface area contributed by atoms with E-state index in [0.29, 0.717) is 12.1 Å². The third-order valence-electron chi connectivity index (χ3n) is 4.61. The number of hydrogen-bond acceptors (Lipinski definition) is 3. The van der Waals surface area contributed by atoms with Crippen molar-refractivity contribution in [2.24, 2.45) is 0 Å². The first-order valence-electron chi connectivity index (χ1n) is 7.87. The van der Waals surface area contributed by atoms with Gasteiger partial charge in [-0.2, -0.15) is 0 Å². The third-order valence-corrected chi connectivity index (χ3v) is 4.61. The summed E-state index contributed by atoms with van der Waals surface area (Å²) in [5, 5.41) is 3.01. The molecule has 114 valence electrons. The van der Waals surface area contributed by atoms with E-state index in [1.165, 1.54) is 6.42 Å². The quantitative estimate of drug-likeness (QED) is 0.925. The van der Waals surface area contributed by atoms with Crippen LogP contribution in [0.4, 0.5) is 0 Å². The van der Waals surface area contributed by atoms with Gasteiger partial charge in [0.1, 0.15) is 0 Å². The summed E-state index contributed by atoms with van der Waals surface area (Å²) in [7, 11) is 2.15. The zero-order chi connectivity index (χ0) is 14.7. The first kappa shape index (κ1) is 14.5. The van der Waals surface area contributed by atoms with E-state index in [2.05, 4.69) is 17.3 Å². The summed E-state index contributed by atoms with van der Waals surface area (Å²) in [4.78, 5) is 14.4. The second-order valence-corrected chi connectivity index (χ2v) is 6.38. The molecule has 2 saturated heterocycles. The maximum atomic E-state index is 12.1. The van der Waals surface area contributed by atoms with E-state index in [-0.39, 0.29) is 17.6 Å². The lowest BCUT2D eigenvalue weighted by molar-refractivity contribution is -0.117. The van der Waals surface area contributed by atoms with Gasteiger partial charge in [-0.05, 0) is 44.9 Å². The van der Waals surface area contributed by atoms with Crippen LogP contribution in [0.3, 0.4) is 0 Å². The highest BCUT2D eigenvalue weighted by atomic mass is 16.5. The van der Waals surface area contributed by atoms with E-state index < -0.39 is 0 Å². The Labute approximate surface area is 126 Å². The first-order valence-corrected chi connectivity index (χ1v) is 7.87. The van der Waals surface area contributed by atoms with Gasteiger partial charge in [0, 0.05) is 25.2 Å². The summed E-state index contributed by atoms with van der Waals surface area (Å²) in [6.07, 6.45) is 4.66. The van der Waals surface area contributed by atoms with E-state index in [0.717, 1.165) is 32.4 Å². The minimum atomic E-state index is -0.0117. The average Bonchev–Trinajstić information content (AvgIpc) is 2.86. The van der Waals surface area contributed by atoms with Crippen molar-refractivity contribution in [1.82, 2.24) is 10.2 Å². The van der Waals surface area contributed by atoms with E-state index in [9.17, 15) is 4.79 Å². The largest absolute Gasteiger partial charge is 0.369 e. The van der Waals surface area contributed by atoms with Crippen molar-refractivity contribution in [3.8, 4) is 0 Å². The molecule has 4 nitrogen and oxygen atoms in total. The van der Waals surface area contributed by atoms with Crippen molar-refractivity contribution in [3.63, 3.8) is 0 Å². The molecular weight excluding hydrogens is 264 g/mol. The number of carbonyl (C=O) groups excluding carboxylic acids is 1. The van der Waals surface area contributed by atoms with E-state index in [4.69, 9.17) is 4.74 Å². The van der Waals surface area contributed by atoms with Crippen molar-refractivity contribution in [2.45, 2.75) is 37.4 Å². The summed E-state index contributed by atoms with van der Waals surface area (Å²) in [5.74, 6) is -0.0117. The fraction of sp³-hybridized carbons (Fsp3) is 0.588. The molecule has 2 aliphatic heterocycles. The normalized spacial score (nSPS) is 29.7. The number of amides is 1. The number of likely N-dealkylation sites (tertiary alicyclic amines) is 1. The number of likely N-dealkylation sites (N-methyl/N-ethyl adjacent to an activating group) is 1. The Morgan fingerprint density at radius 2 is 2.19 bits per heavy atom. The van der Waals surface area contributed by atoms with Crippen molar-refractivity contribution in [2.75, 3.05) is 26.7 Å². The van der Waals surface area contributed by atoms with Crippen LogP contribution in [0.5, 0.6) is 0 Å². The molecule has 1 aromatic carbocycles. The molecular formula is C17H24N2O2. The van der Waals surface area contributed by atoms with Gasteiger partial charge < -0.3 is 15.0 Å². The summed E-state index contributed by atoms with van der Waals surface area (Å²) >= 11 is 0. The molecule has 3 rings (SSSR count). The Hall–Kier alpha value is -1.39. The Morgan fingerprint density at radius 1 is 1.38 bits per heavy atom. The maximum absolute atomic E-state index is 12.1. The Kier molecular flexibility index (Phi) is 4.27. The van der Waals surface area contributed by atoms with Crippen LogP contribution in [0, 0.1) is 0 Å². The smallest absolute Gasteiger partial charge is 0.251 e. The summed E-state index contributed by atoms with van der Waals surface area (Å²) in [6.45, 7) is 2.75. The summed E-state index contributed by atoms with van der Waals surface area (Å²) in [5.41, 5.74) is 0.749. The van der Waals surface area contributed by atoms with Crippen LogP contribution in [0.15, 0.2) is 30.3 Å². The highest BCUT2D eigenvalue weighted by Gasteiger charge is 2.41. The molecule has 21 heavy (non-hydrogen) atoms. The molecule has 1 amide bonds. The van der Waals surface area contributed by atoms with E-state index >= 15 is 0 Å². The van der Waals surface area contributed by atoms with Crippen LogP contribution in [0.2, 0.25) is 0 Å². The van der Waals surface area contributed by atoms with Gasteiger partial charge in [-0.15, -0.1) is 0 Å². The van der Waals surface area contributed by atoms with Gasteiger partial charge in [0.2, 0.25) is 0 Å². The Bertz CT molecular complexity index is 487. The van der Waals surface area contributed by atoms with Crippen LogP contribution in [-0.2, 0) is 4.74 Å². The molecule has 2 fully saturated rings. The molecule has 0 radical (unpaired) electrons. The van der Waals surface area contributed by atoms with Gasteiger partial charge in [0.25, 0.3) is 5.91 Å². The lowest BCUT2D eigenvalue weighted by atomic mass is 9.90. The third kappa shape index (κ3) is 3.44. The number of ether oxygens (including phenoxy) is 1. The van der Waals surface area contributed by atoms with Crippen LogP contribution in [0.25, 0.3) is 0 Å². The molecule has 0 unspecified atom stereocenters.